The molecule has 0 spiro atoms. The molecular formula is C22H24O6. The van der Waals surface area contributed by atoms with Crippen LogP contribution in [0.2, 0.25) is 0 Å². The van der Waals surface area contributed by atoms with Crippen LogP contribution in [0.25, 0.3) is 10.8 Å². The highest BCUT2D eigenvalue weighted by molar-refractivity contribution is 6.03. The number of rotatable bonds is 5. The van der Waals surface area contributed by atoms with E-state index in [9.17, 15) is 9.90 Å². The molecule has 0 bridgehead atoms. The third-order valence-electron chi connectivity index (χ3n) is 3.76. The minimum Gasteiger partial charge on any atom is -0.504 e. The van der Waals surface area contributed by atoms with E-state index in [-0.39, 0.29) is 23.0 Å². The predicted molar refractivity (Wildman–Crippen MR) is 108 cm³/mol. The van der Waals surface area contributed by atoms with Crippen LogP contribution in [0.1, 0.15) is 13.8 Å². The number of ether oxygens (including phenoxy) is 4. The fourth-order valence-corrected chi connectivity index (χ4v) is 2.69. The molecule has 3 rings (SSSR count). The van der Waals surface area contributed by atoms with Gasteiger partial charge in [0, 0.05) is 12.3 Å². The molecule has 0 aromatic heterocycles. The Balaban J connectivity index is 0.000000397. The number of phenols is 1. The van der Waals surface area contributed by atoms with E-state index >= 15 is 0 Å². The molecule has 3 aromatic rings. The molecule has 0 saturated heterocycles. The van der Waals surface area contributed by atoms with Crippen molar-refractivity contribution in [1.82, 2.24) is 0 Å². The van der Waals surface area contributed by atoms with Gasteiger partial charge < -0.3 is 24.1 Å². The van der Waals surface area contributed by atoms with Gasteiger partial charge in [-0.15, -0.1) is 0 Å². The SMILES string of the molecule is CCOc1cccc2c(O)c(OC)c(OC)c(OC(C)=O)c12.c1ccccc1. The Hall–Kier alpha value is -3.41. The normalized spacial score (nSPS) is 9.86. The van der Waals surface area contributed by atoms with Gasteiger partial charge in [0.25, 0.3) is 0 Å². The summed E-state index contributed by atoms with van der Waals surface area (Å²) in [4.78, 5) is 11.5. The molecule has 0 amide bonds. The van der Waals surface area contributed by atoms with Crippen molar-refractivity contribution in [3.05, 3.63) is 54.6 Å². The smallest absolute Gasteiger partial charge is 0.308 e. The van der Waals surface area contributed by atoms with Gasteiger partial charge in [0.2, 0.25) is 11.5 Å². The van der Waals surface area contributed by atoms with Crippen LogP contribution in [-0.4, -0.2) is 31.9 Å². The molecule has 0 saturated carbocycles. The van der Waals surface area contributed by atoms with Crippen LogP contribution >= 0.6 is 0 Å². The van der Waals surface area contributed by atoms with Gasteiger partial charge in [-0.3, -0.25) is 4.79 Å². The highest BCUT2D eigenvalue weighted by atomic mass is 16.6. The highest BCUT2D eigenvalue weighted by Crippen LogP contribution is 2.52. The summed E-state index contributed by atoms with van der Waals surface area (Å²) in [5.74, 6) is 0.247. The molecule has 6 heteroatoms. The van der Waals surface area contributed by atoms with E-state index in [0.717, 1.165) is 0 Å². The number of carbonyl (C=O) groups excluding carboxylic acids is 1. The molecule has 0 heterocycles. The Morgan fingerprint density at radius 3 is 1.93 bits per heavy atom. The Kier molecular flexibility index (Phi) is 7.51. The fraction of sp³-hybridized carbons (Fsp3) is 0.227. The highest BCUT2D eigenvalue weighted by Gasteiger charge is 2.25. The first-order chi connectivity index (χ1) is 13.5. The van der Waals surface area contributed by atoms with E-state index < -0.39 is 5.97 Å². The van der Waals surface area contributed by atoms with Gasteiger partial charge in [0.05, 0.1) is 26.2 Å². The predicted octanol–water partition coefficient (Wildman–Crippen LogP) is 4.57. The second kappa shape index (κ2) is 10.1. The van der Waals surface area contributed by atoms with Crippen molar-refractivity contribution in [3.63, 3.8) is 0 Å². The number of carbonyl (C=O) groups is 1. The molecule has 0 unspecified atom stereocenters. The van der Waals surface area contributed by atoms with Crippen LogP contribution < -0.4 is 18.9 Å². The zero-order valence-electron chi connectivity index (χ0n) is 16.4. The minimum atomic E-state index is -0.515. The van der Waals surface area contributed by atoms with Gasteiger partial charge in [-0.05, 0) is 13.0 Å². The van der Waals surface area contributed by atoms with Crippen molar-refractivity contribution in [2.75, 3.05) is 20.8 Å². The average Bonchev–Trinajstić information content (AvgIpc) is 2.71. The number of fused-ring (bicyclic) bond motifs is 1. The van der Waals surface area contributed by atoms with Crippen molar-refractivity contribution in [2.24, 2.45) is 0 Å². The Morgan fingerprint density at radius 1 is 0.893 bits per heavy atom. The van der Waals surface area contributed by atoms with Crippen LogP contribution in [0.3, 0.4) is 0 Å². The van der Waals surface area contributed by atoms with Gasteiger partial charge >= 0.3 is 5.97 Å². The maximum absolute atomic E-state index is 11.5. The van der Waals surface area contributed by atoms with Crippen molar-refractivity contribution in [2.45, 2.75) is 13.8 Å². The first-order valence-electron chi connectivity index (χ1n) is 8.75. The molecule has 148 valence electrons. The molecule has 3 aromatic carbocycles. The molecule has 0 atom stereocenters. The number of aromatic hydroxyl groups is 1. The van der Waals surface area contributed by atoms with Crippen molar-refractivity contribution in [1.29, 1.82) is 0 Å². The van der Waals surface area contributed by atoms with E-state index in [4.69, 9.17) is 18.9 Å². The first kappa shape index (κ1) is 20.9. The third-order valence-corrected chi connectivity index (χ3v) is 3.76. The van der Waals surface area contributed by atoms with Crippen LogP contribution in [0.5, 0.6) is 28.7 Å². The van der Waals surface area contributed by atoms with Crippen molar-refractivity contribution >= 4 is 16.7 Å². The summed E-state index contributed by atoms with van der Waals surface area (Å²) in [5, 5.41) is 11.3. The maximum atomic E-state index is 11.5. The zero-order chi connectivity index (χ0) is 20.5. The third kappa shape index (κ3) is 4.65. The molecule has 0 aliphatic heterocycles. The van der Waals surface area contributed by atoms with Crippen molar-refractivity contribution < 1.29 is 28.8 Å². The standard InChI is InChI=1S/C16H18O6.C6H6/c1-5-21-11-8-6-7-10-12(11)14(22-9(2)17)16(20-4)15(19-3)13(10)18;1-2-4-6-5-3-1/h6-8,18H,5H2,1-4H3;1-6H. The summed E-state index contributed by atoms with van der Waals surface area (Å²) in [6.45, 7) is 3.55. The van der Waals surface area contributed by atoms with Gasteiger partial charge in [0.15, 0.2) is 11.5 Å². The number of benzene rings is 3. The Morgan fingerprint density at radius 2 is 1.46 bits per heavy atom. The summed E-state index contributed by atoms with van der Waals surface area (Å²) in [6, 6.07) is 17.1. The second-order valence-electron chi connectivity index (χ2n) is 5.60. The van der Waals surface area contributed by atoms with Gasteiger partial charge in [0.1, 0.15) is 5.75 Å². The van der Waals surface area contributed by atoms with Gasteiger partial charge in [-0.1, -0.05) is 48.5 Å². The molecule has 1 N–H and O–H groups in total. The van der Waals surface area contributed by atoms with Gasteiger partial charge in [-0.2, -0.15) is 0 Å². The lowest BCUT2D eigenvalue weighted by Gasteiger charge is -2.18. The van der Waals surface area contributed by atoms with Crippen LogP contribution in [-0.2, 0) is 4.79 Å². The summed E-state index contributed by atoms with van der Waals surface area (Å²) in [7, 11) is 2.80. The van der Waals surface area contributed by atoms with Gasteiger partial charge in [-0.25, -0.2) is 0 Å². The molecule has 0 radical (unpaired) electrons. The van der Waals surface area contributed by atoms with E-state index in [1.165, 1.54) is 21.1 Å². The minimum absolute atomic E-state index is 0.0971. The monoisotopic (exact) mass is 384 g/mol. The Bertz CT molecular complexity index is 895. The first-order valence-corrected chi connectivity index (χ1v) is 8.75. The molecule has 6 nitrogen and oxygen atoms in total. The van der Waals surface area contributed by atoms with Crippen LogP contribution in [0.4, 0.5) is 0 Å². The van der Waals surface area contributed by atoms with E-state index in [1.54, 1.807) is 18.2 Å². The molecule has 0 aliphatic rings. The molecule has 0 aliphatic carbocycles. The van der Waals surface area contributed by atoms with E-state index in [0.29, 0.717) is 23.1 Å². The maximum Gasteiger partial charge on any atom is 0.308 e. The van der Waals surface area contributed by atoms with E-state index in [2.05, 4.69) is 0 Å². The summed E-state index contributed by atoms with van der Waals surface area (Å²) in [5.41, 5.74) is 0. The fourth-order valence-electron chi connectivity index (χ4n) is 2.69. The Labute approximate surface area is 164 Å². The lowest BCUT2D eigenvalue weighted by molar-refractivity contribution is -0.131. The average molecular weight is 384 g/mol. The lowest BCUT2D eigenvalue weighted by atomic mass is 10.1. The lowest BCUT2D eigenvalue weighted by Crippen LogP contribution is -2.06. The van der Waals surface area contributed by atoms with Crippen molar-refractivity contribution in [3.8, 4) is 28.7 Å². The zero-order valence-corrected chi connectivity index (χ0v) is 16.4. The number of hydrogen-bond donors (Lipinski definition) is 1. The number of esters is 1. The molecule has 0 fully saturated rings. The quantitative estimate of drug-likeness (QED) is 0.513. The van der Waals surface area contributed by atoms with E-state index in [1.807, 2.05) is 43.3 Å². The van der Waals surface area contributed by atoms with Crippen LogP contribution in [0, 0.1) is 0 Å². The number of methoxy groups -OCH3 is 2. The summed E-state index contributed by atoms with van der Waals surface area (Å²) >= 11 is 0. The molecular weight excluding hydrogens is 360 g/mol. The number of phenolic OH excluding ortho intramolecular Hbond substituents is 1. The largest absolute Gasteiger partial charge is 0.504 e. The molecule has 28 heavy (non-hydrogen) atoms. The topological polar surface area (TPSA) is 74.2 Å². The summed E-state index contributed by atoms with van der Waals surface area (Å²) in [6.07, 6.45) is 0. The van der Waals surface area contributed by atoms with Crippen LogP contribution in [0.15, 0.2) is 54.6 Å². The number of hydrogen-bond acceptors (Lipinski definition) is 6. The second-order valence-corrected chi connectivity index (χ2v) is 5.60. The summed E-state index contributed by atoms with van der Waals surface area (Å²) < 4.78 is 21.3.